The minimum Gasteiger partial charge on any atom is -0.480 e. The van der Waals surface area contributed by atoms with E-state index in [0.717, 1.165) is 12.8 Å². The number of urea groups is 1. The van der Waals surface area contributed by atoms with Gasteiger partial charge in [-0.1, -0.05) is 33.6 Å². The first-order valence-electron chi connectivity index (χ1n) is 6.55. The molecule has 0 aromatic carbocycles. The van der Waals surface area contributed by atoms with E-state index in [1.165, 1.54) is 0 Å². The van der Waals surface area contributed by atoms with Crippen LogP contribution in [-0.2, 0) is 4.79 Å². The first-order chi connectivity index (χ1) is 8.23. The highest BCUT2D eigenvalue weighted by Crippen LogP contribution is 2.11. The zero-order valence-corrected chi connectivity index (χ0v) is 12.0. The predicted octanol–water partition coefficient (Wildman–Crippen LogP) is 2.36. The molecule has 0 aliphatic rings. The molecule has 5 heteroatoms. The van der Waals surface area contributed by atoms with E-state index in [2.05, 4.69) is 10.6 Å². The lowest BCUT2D eigenvalue weighted by molar-refractivity contribution is -0.140. The van der Waals surface area contributed by atoms with Crippen molar-refractivity contribution in [3.8, 4) is 0 Å². The van der Waals surface area contributed by atoms with Gasteiger partial charge in [0.2, 0.25) is 0 Å². The van der Waals surface area contributed by atoms with Crippen molar-refractivity contribution >= 4 is 12.0 Å². The van der Waals surface area contributed by atoms with Crippen LogP contribution in [0, 0.1) is 5.92 Å². The van der Waals surface area contributed by atoms with E-state index in [9.17, 15) is 9.59 Å². The summed E-state index contributed by atoms with van der Waals surface area (Å²) in [6.07, 6.45) is 2.51. The first kappa shape index (κ1) is 16.7. The van der Waals surface area contributed by atoms with Crippen LogP contribution in [-0.4, -0.2) is 28.7 Å². The van der Waals surface area contributed by atoms with Gasteiger partial charge in [0, 0.05) is 5.54 Å². The second kappa shape index (κ2) is 7.24. The topological polar surface area (TPSA) is 78.4 Å². The van der Waals surface area contributed by atoms with Crippen LogP contribution in [0.1, 0.15) is 53.9 Å². The van der Waals surface area contributed by atoms with Crippen molar-refractivity contribution in [1.29, 1.82) is 0 Å². The van der Waals surface area contributed by atoms with Gasteiger partial charge in [0.05, 0.1) is 0 Å². The summed E-state index contributed by atoms with van der Waals surface area (Å²) < 4.78 is 0. The molecule has 0 fully saturated rings. The molecule has 2 atom stereocenters. The van der Waals surface area contributed by atoms with Gasteiger partial charge in [0.1, 0.15) is 6.04 Å². The van der Waals surface area contributed by atoms with Crippen molar-refractivity contribution in [2.75, 3.05) is 0 Å². The van der Waals surface area contributed by atoms with Crippen molar-refractivity contribution in [3.63, 3.8) is 0 Å². The summed E-state index contributed by atoms with van der Waals surface area (Å²) in [5.74, 6) is -1.09. The molecule has 0 bridgehead atoms. The summed E-state index contributed by atoms with van der Waals surface area (Å²) in [4.78, 5) is 22.9. The highest BCUT2D eigenvalue weighted by Gasteiger charge is 2.27. The van der Waals surface area contributed by atoms with Crippen molar-refractivity contribution in [2.45, 2.75) is 65.5 Å². The van der Waals surface area contributed by atoms with Gasteiger partial charge in [-0.05, 0) is 26.2 Å². The maximum atomic E-state index is 11.8. The average molecular weight is 258 g/mol. The normalized spacial score (nSPS) is 14.7. The standard InChI is InChI=1S/C13H26N2O3/c1-6-8-13(4,5)15-12(18)14-10(11(16)17)9(3)7-2/h9-10H,6-8H2,1-5H3,(H,16,17)(H2,14,15,18)/t9?,10-/m0/s1. The molecule has 0 aromatic rings. The Morgan fingerprint density at radius 2 is 1.83 bits per heavy atom. The van der Waals surface area contributed by atoms with E-state index in [4.69, 9.17) is 5.11 Å². The van der Waals surface area contributed by atoms with E-state index in [0.29, 0.717) is 6.42 Å². The fourth-order valence-electron chi connectivity index (χ4n) is 1.86. The fourth-order valence-corrected chi connectivity index (χ4v) is 1.86. The SMILES string of the molecule is CCCC(C)(C)NC(=O)N[C@H](C(=O)O)C(C)CC. The van der Waals surface area contributed by atoms with Crippen LogP contribution in [0.2, 0.25) is 0 Å². The lowest BCUT2D eigenvalue weighted by Gasteiger charge is -2.28. The zero-order valence-electron chi connectivity index (χ0n) is 12.0. The number of carbonyl (C=O) groups excluding carboxylic acids is 1. The molecule has 0 heterocycles. The van der Waals surface area contributed by atoms with Gasteiger partial charge >= 0.3 is 12.0 Å². The van der Waals surface area contributed by atoms with E-state index in [1.54, 1.807) is 0 Å². The molecule has 0 radical (unpaired) electrons. The van der Waals surface area contributed by atoms with E-state index >= 15 is 0 Å². The van der Waals surface area contributed by atoms with Gasteiger partial charge in [-0.2, -0.15) is 0 Å². The molecule has 2 amide bonds. The van der Waals surface area contributed by atoms with Gasteiger partial charge in [0.25, 0.3) is 0 Å². The minimum absolute atomic E-state index is 0.0949. The van der Waals surface area contributed by atoms with Crippen LogP contribution in [0.15, 0.2) is 0 Å². The molecule has 3 N–H and O–H groups in total. The van der Waals surface area contributed by atoms with Crippen LogP contribution < -0.4 is 10.6 Å². The molecule has 0 aliphatic carbocycles. The second-order valence-corrected chi connectivity index (χ2v) is 5.43. The van der Waals surface area contributed by atoms with Crippen LogP contribution in [0.25, 0.3) is 0 Å². The molecule has 106 valence electrons. The maximum absolute atomic E-state index is 11.8. The number of carboxylic acids is 1. The summed E-state index contributed by atoms with van der Waals surface area (Å²) >= 11 is 0. The summed E-state index contributed by atoms with van der Waals surface area (Å²) in [5.41, 5.74) is -0.322. The molecule has 0 rings (SSSR count). The van der Waals surface area contributed by atoms with Crippen molar-refractivity contribution in [2.24, 2.45) is 5.92 Å². The Morgan fingerprint density at radius 3 is 2.22 bits per heavy atom. The second-order valence-electron chi connectivity index (χ2n) is 5.43. The average Bonchev–Trinajstić information content (AvgIpc) is 2.23. The van der Waals surface area contributed by atoms with Crippen LogP contribution in [0.5, 0.6) is 0 Å². The number of hydrogen-bond donors (Lipinski definition) is 3. The van der Waals surface area contributed by atoms with Gasteiger partial charge in [-0.3, -0.25) is 0 Å². The lowest BCUT2D eigenvalue weighted by Crippen LogP contribution is -2.54. The van der Waals surface area contributed by atoms with Crippen LogP contribution >= 0.6 is 0 Å². The highest BCUT2D eigenvalue weighted by atomic mass is 16.4. The Kier molecular flexibility index (Phi) is 6.73. The summed E-state index contributed by atoms with van der Waals surface area (Å²) in [7, 11) is 0. The number of rotatable bonds is 7. The van der Waals surface area contributed by atoms with Crippen LogP contribution in [0.3, 0.4) is 0 Å². The Bertz CT molecular complexity index is 290. The van der Waals surface area contributed by atoms with E-state index < -0.39 is 18.0 Å². The van der Waals surface area contributed by atoms with Gasteiger partial charge in [-0.25, -0.2) is 9.59 Å². The molecule has 0 spiro atoms. The minimum atomic E-state index is -0.993. The number of hydrogen-bond acceptors (Lipinski definition) is 2. The Labute approximate surface area is 109 Å². The number of nitrogens with one attached hydrogen (secondary N) is 2. The molecule has 18 heavy (non-hydrogen) atoms. The van der Waals surface area contributed by atoms with Crippen molar-refractivity contribution in [3.05, 3.63) is 0 Å². The van der Waals surface area contributed by atoms with E-state index in [1.807, 2.05) is 34.6 Å². The molecule has 0 saturated heterocycles. The number of amides is 2. The van der Waals surface area contributed by atoms with Crippen molar-refractivity contribution < 1.29 is 14.7 Å². The number of aliphatic carboxylic acids is 1. The van der Waals surface area contributed by atoms with Gasteiger partial charge < -0.3 is 15.7 Å². The fraction of sp³-hybridized carbons (Fsp3) is 0.846. The molecule has 1 unspecified atom stereocenters. The summed E-state index contributed by atoms with van der Waals surface area (Å²) in [6, 6.07) is -1.26. The summed E-state index contributed by atoms with van der Waals surface area (Å²) in [5, 5.41) is 14.4. The predicted molar refractivity (Wildman–Crippen MR) is 71.5 cm³/mol. The molecule has 5 nitrogen and oxygen atoms in total. The third-order valence-corrected chi connectivity index (χ3v) is 3.09. The van der Waals surface area contributed by atoms with Gasteiger partial charge in [-0.15, -0.1) is 0 Å². The molecular weight excluding hydrogens is 232 g/mol. The molecule has 0 saturated carbocycles. The number of carboxylic acid groups (broad SMARTS) is 1. The third-order valence-electron chi connectivity index (χ3n) is 3.09. The molecule has 0 aromatic heterocycles. The Hall–Kier alpha value is -1.26. The monoisotopic (exact) mass is 258 g/mol. The summed E-state index contributed by atoms with van der Waals surface area (Å²) in [6.45, 7) is 9.61. The molecule has 0 aliphatic heterocycles. The highest BCUT2D eigenvalue weighted by molar-refractivity contribution is 5.83. The van der Waals surface area contributed by atoms with Gasteiger partial charge in [0.15, 0.2) is 0 Å². The zero-order chi connectivity index (χ0) is 14.3. The lowest BCUT2D eigenvalue weighted by atomic mass is 9.98. The Balaban J connectivity index is 4.48. The maximum Gasteiger partial charge on any atom is 0.326 e. The first-order valence-corrected chi connectivity index (χ1v) is 6.55. The third kappa shape index (κ3) is 5.89. The van der Waals surface area contributed by atoms with Crippen molar-refractivity contribution in [1.82, 2.24) is 10.6 Å². The molecular formula is C13H26N2O3. The quantitative estimate of drug-likeness (QED) is 0.656. The van der Waals surface area contributed by atoms with E-state index in [-0.39, 0.29) is 11.5 Å². The largest absolute Gasteiger partial charge is 0.480 e. The van der Waals surface area contributed by atoms with Crippen LogP contribution in [0.4, 0.5) is 4.79 Å². The smallest absolute Gasteiger partial charge is 0.326 e. The Morgan fingerprint density at radius 1 is 1.28 bits per heavy atom. The number of carbonyl (C=O) groups is 2.